The Balaban J connectivity index is 1.95. The second-order valence-electron chi connectivity index (χ2n) is 4.86. The van der Waals surface area contributed by atoms with Crippen molar-refractivity contribution >= 4 is 52.7 Å². The summed E-state index contributed by atoms with van der Waals surface area (Å²) in [5.41, 5.74) is 1.33. The Bertz CT molecular complexity index is 891. The summed E-state index contributed by atoms with van der Waals surface area (Å²) < 4.78 is 10.3. The van der Waals surface area contributed by atoms with Crippen molar-refractivity contribution in [2.75, 3.05) is 7.11 Å². The van der Waals surface area contributed by atoms with Gasteiger partial charge in [0.15, 0.2) is 5.70 Å². The Morgan fingerprint density at radius 2 is 1.83 bits per heavy atom. The van der Waals surface area contributed by atoms with Crippen molar-refractivity contribution in [1.29, 1.82) is 0 Å². The normalized spacial score (nSPS) is 15.4. The fourth-order valence-corrected chi connectivity index (χ4v) is 2.64. The first-order chi connectivity index (χ1) is 11.5. The first-order valence-corrected chi connectivity index (χ1v) is 7.93. The Labute approximate surface area is 153 Å². The minimum absolute atomic E-state index is 0.138. The zero-order valence-corrected chi connectivity index (χ0v) is 14.6. The molecule has 122 valence electrons. The van der Waals surface area contributed by atoms with E-state index in [-0.39, 0.29) is 11.6 Å². The monoisotopic (exact) mass is 381 g/mol. The summed E-state index contributed by atoms with van der Waals surface area (Å²) in [6.45, 7) is 0. The smallest absolute Gasteiger partial charge is 0.363 e. The summed E-state index contributed by atoms with van der Waals surface area (Å²) in [4.78, 5) is 16.2. The zero-order valence-electron chi connectivity index (χ0n) is 12.3. The SMILES string of the molecule is COc1ccc(C2=NC(=Cc3ccc(Cl)c(Cl)c3)C(=O)O2)c(Cl)c1. The zero-order chi connectivity index (χ0) is 17.3. The van der Waals surface area contributed by atoms with E-state index in [0.29, 0.717) is 31.9 Å². The van der Waals surface area contributed by atoms with Gasteiger partial charge in [-0.05, 0) is 42.0 Å². The highest BCUT2D eigenvalue weighted by Crippen LogP contribution is 2.28. The second kappa shape index (κ2) is 6.85. The summed E-state index contributed by atoms with van der Waals surface area (Å²) in [5.74, 6) is 0.169. The van der Waals surface area contributed by atoms with E-state index < -0.39 is 5.97 Å². The van der Waals surface area contributed by atoms with Gasteiger partial charge in [-0.1, -0.05) is 40.9 Å². The predicted molar refractivity (Wildman–Crippen MR) is 95.1 cm³/mol. The van der Waals surface area contributed by atoms with Crippen LogP contribution in [0, 0.1) is 0 Å². The molecule has 0 fully saturated rings. The lowest BCUT2D eigenvalue weighted by Crippen LogP contribution is -2.06. The number of carbonyl (C=O) groups excluding carboxylic acids is 1. The summed E-state index contributed by atoms with van der Waals surface area (Å²) in [6, 6.07) is 10.0. The predicted octanol–water partition coefficient (Wildman–Crippen LogP) is 5.00. The van der Waals surface area contributed by atoms with Crippen molar-refractivity contribution in [1.82, 2.24) is 0 Å². The Morgan fingerprint density at radius 3 is 2.50 bits per heavy atom. The van der Waals surface area contributed by atoms with Crippen LogP contribution in [0.15, 0.2) is 47.1 Å². The van der Waals surface area contributed by atoms with Gasteiger partial charge in [0.1, 0.15) is 5.75 Å². The molecule has 3 rings (SSSR count). The van der Waals surface area contributed by atoms with Crippen LogP contribution in [-0.4, -0.2) is 19.0 Å². The number of carbonyl (C=O) groups is 1. The van der Waals surface area contributed by atoms with Crippen LogP contribution in [0.4, 0.5) is 0 Å². The van der Waals surface area contributed by atoms with E-state index in [2.05, 4.69) is 4.99 Å². The quantitative estimate of drug-likeness (QED) is 0.554. The molecule has 7 heteroatoms. The number of esters is 1. The fourth-order valence-electron chi connectivity index (χ4n) is 2.08. The first-order valence-electron chi connectivity index (χ1n) is 6.79. The molecule has 1 aliphatic rings. The average molecular weight is 383 g/mol. The maximum atomic E-state index is 12.0. The van der Waals surface area contributed by atoms with Crippen LogP contribution in [0.25, 0.3) is 6.08 Å². The van der Waals surface area contributed by atoms with E-state index in [1.54, 1.807) is 42.5 Å². The number of methoxy groups -OCH3 is 1. The molecule has 0 spiro atoms. The molecule has 1 heterocycles. The van der Waals surface area contributed by atoms with Gasteiger partial charge in [-0.3, -0.25) is 0 Å². The number of rotatable bonds is 3. The highest BCUT2D eigenvalue weighted by atomic mass is 35.5. The third-order valence-electron chi connectivity index (χ3n) is 3.27. The lowest BCUT2D eigenvalue weighted by molar-refractivity contribution is -0.129. The molecule has 0 saturated heterocycles. The molecule has 0 atom stereocenters. The third-order valence-corrected chi connectivity index (χ3v) is 4.33. The molecule has 0 amide bonds. The van der Waals surface area contributed by atoms with Crippen LogP contribution in [0.3, 0.4) is 0 Å². The summed E-state index contributed by atoms with van der Waals surface area (Å²) in [5, 5.41) is 1.19. The molecule has 0 unspecified atom stereocenters. The van der Waals surface area contributed by atoms with Crippen molar-refractivity contribution in [3.8, 4) is 5.75 Å². The van der Waals surface area contributed by atoms with Gasteiger partial charge >= 0.3 is 5.97 Å². The molecule has 0 saturated carbocycles. The molecule has 2 aromatic rings. The molecule has 0 bridgehead atoms. The van der Waals surface area contributed by atoms with Crippen molar-refractivity contribution in [3.63, 3.8) is 0 Å². The van der Waals surface area contributed by atoms with E-state index in [4.69, 9.17) is 44.3 Å². The van der Waals surface area contributed by atoms with Gasteiger partial charge in [0.05, 0.1) is 27.7 Å². The van der Waals surface area contributed by atoms with Gasteiger partial charge in [0.25, 0.3) is 0 Å². The van der Waals surface area contributed by atoms with E-state index in [9.17, 15) is 4.79 Å². The molecule has 0 aromatic heterocycles. The van der Waals surface area contributed by atoms with Gasteiger partial charge in [0.2, 0.25) is 5.90 Å². The Hall–Kier alpha value is -2.01. The van der Waals surface area contributed by atoms with E-state index in [0.717, 1.165) is 0 Å². The lowest BCUT2D eigenvalue weighted by atomic mass is 10.2. The average Bonchev–Trinajstić information content (AvgIpc) is 2.91. The van der Waals surface area contributed by atoms with E-state index in [1.165, 1.54) is 7.11 Å². The Morgan fingerprint density at radius 1 is 1.04 bits per heavy atom. The van der Waals surface area contributed by atoms with Gasteiger partial charge in [-0.2, -0.15) is 0 Å². The number of hydrogen-bond donors (Lipinski definition) is 0. The standard InChI is InChI=1S/C17H10Cl3NO3/c1-23-10-3-4-11(13(19)8-10)16-21-15(17(22)24-16)7-9-2-5-12(18)14(20)6-9/h2-8H,1H3. The number of aliphatic imine (C=N–C) groups is 1. The topological polar surface area (TPSA) is 47.9 Å². The van der Waals surface area contributed by atoms with E-state index in [1.807, 2.05) is 0 Å². The van der Waals surface area contributed by atoms with Crippen molar-refractivity contribution in [2.45, 2.75) is 0 Å². The van der Waals surface area contributed by atoms with Crippen molar-refractivity contribution < 1.29 is 14.3 Å². The number of hydrogen-bond acceptors (Lipinski definition) is 4. The largest absolute Gasteiger partial charge is 0.497 e. The highest BCUT2D eigenvalue weighted by molar-refractivity contribution is 6.42. The summed E-state index contributed by atoms with van der Waals surface area (Å²) in [6.07, 6.45) is 1.56. The highest BCUT2D eigenvalue weighted by Gasteiger charge is 2.25. The van der Waals surface area contributed by atoms with Crippen molar-refractivity contribution in [2.24, 2.45) is 4.99 Å². The number of ether oxygens (including phenoxy) is 2. The van der Waals surface area contributed by atoms with Crippen LogP contribution in [-0.2, 0) is 9.53 Å². The number of halogens is 3. The first kappa shape index (κ1) is 16.8. The van der Waals surface area contributed by atoms with Crippen LogP contribution in [0.1, 0.15) is 11.1 Å². The van der Waals surface area contributed by atoms with Crippen LogP contribution < -0.4 is 4.74 Å². The lowest BCUT2D eigenvalue weighted by Gasteiger charge is -2.05. The van der Waals surface area contributed by atoms with Gasteiger partial charge < -0.3 is 9.47 Å². The maximum absolute atomic E-state index is 12.0. The molecule has 4 nitrogen and oxygen atoms in total. The maximum Gasteiger partial charge on any atom is 0.363 e. The number of nitrogens with zero attached hydrogens (tertiary/aromatic N) is 1. The summed E-state index contributed by atoms with van der Waals surface area (Å²) in [7, 11) is 1.54. The molecule has 0 aliphatic carbocycles. The van der Waals surface area contributed by atoms with E-state index >= 15 is 0 Å². The molecule has 24 heavy (non-hydrogen) atoms. The number of cyclic esters (lactones) is 1. The fraction of sp³-hybridized carbons (Fsp3) is 0.0588. The van der Waals surface area contributed by atoms with Gasteiger partial charge in [-0.25, -0.2) is 9.79 Å². The molecule has 1 aliphatic heterocycles. The van der Waals surface area contributed by atoms with Crippen LogP contribution in [0.2, 0.25) is 15.1 Å². The van der Waals surface area contributed by atoms with Gasteiger partial charge in [-0.15, -0.1) is 0 Å². The second-order valence-corrected chi connectivity index (χ2v) is 6.08. The van der Waals surface area contributed by atoms with Crippen molar-refractivity contribution in [3.05, 3.63) is 68.3 Å². The van der Waals surface area contributed by atoms with Gasteiger partial charge in [0, 0.05) is 0 Å². The molecular weight excluding hydrogens is 373 g/mol. The number of benzene rings is 2. The molecule has 0 radical (unpaired) electrons. The minimum atomic E-state index is -0.567. The summed E-state index contributed by atoms with van der Waals surface area (Å²) >= 11 is 18.0. The minimum Gasteiger partial charge on any atom is -0.497 e. The molecule has 2 aromatic carbocycles. The molecular formula is C17H10Cl3NO3. The third kappa shape index (κ3) is 3.41. The molecule has 0 N–H and O–H groups in total. The van der Waals surface area contributed by atoms with Crippen LogP contribution in [0.5, 0.6) is 5.75 Å². The van der Waals surface area contributed by atoms with Crippen LogP contribution >= 0.6 is 34.8 Å². The Kier molecular flexibility index (Phi) is 4.81.